The van der Waals surface area contributed by atoms with Crippen LogP contribution in [0.3, 0.4) is 0 Å². The molecular weight excluding hydrogens is 230 g/mol. The second-order valence-electron chi connectivity index (χ2n) is 4.99. The van der Waals surface area contributed by atoms with Gasteiger partial charge in [-0.2, -0.15) is 0 Å². The highest BCUT2D eigenvalue weighted by Gasteiger charge is 2.25. The van der Waals surface area contributed by atoms with Gasteiger partial charge in [-0.05, 0) is 24.6 Å². The van der Waals surface area contributed by atoms with E-state index in [9.17, 15) is 0 Å². The Hall–Kier alpha value is -1.26. The Balaban J connectivity index is 3.20. The van der Waals surface area contributed by atoms with Gasteiger partial charge in [-0.1, -0.05) is 13.8 Å². The summed E-state index contributed by atoms with van der Waals surface area (Å²) in [6.07, 6.45) is 0. The van der Waals surface area contributed by atoms with E-state index in [0.29, 0.717) is 6.54 Å². The summed E-state index contributed by atoms with van der Waals surface area (Å²) < 4.78 is 10.8. The van der Waals surface area contributed by atoms with Crippen molar-refractivity contribution in [3.8, 4) is 11.5 Å². The third kappa shape index (κ3) is 3.15. The number of methoxy groups -OCH3 is 2. The number of hydrogen-bond donors (Lipinski definition) is 2. The van der Waals surface area contributed by atoms with Crippen LogP contribution in [0, 0.1) is 6.92 Å². The molecule has 4 heteroatoms. The van der Waals surface area contributed by atoms with Gasteiger partial charge in [0.1, 0.15) is 11.5 Å². The molecule has 0 heterocycles. The van der Waals surface area contributed by atoms with E-state index in [1.165, 1.54) is 0 Å². The zero-order chi connectivity index (χ0) is 13.8. The average molecular weight is 253 g/mol. The molecule has 0 atom stereocenters. The molecule has 1 aromatic rings. The highest BCUT2D eigenvalue weighted by molar-refractivity contribution is 5.49. The lowest BCUT2D eigenvalue weighted by molar-refractivity contribution is 0.246. The lowest BCUT2D eigenvalue weighted by Gasteiger charge is -2.28. The molecule has 0 aliphatic rings. The molecule has 0 aromatic heterocycles. The molecule has 0 radical (unpaired) electrons. The first-order valence-electron chi connectivity index (χ1n) is 6.01. The van der Waals surface area contributed by atoms with Crippen molar-refractivity contribution in [1.82, 2.24) is 5.32 Å². The van der Waals surface area contributed by atoms with Gasteiger partial charge >= 0.3 is 0 Å². The van der Waals surface area contributed by atoms with Crippen molar-refractivity contribution in [3.63, 3.8) is 0 Å². The molecule has 1 rings (SSSR count). The fourth-order valence-corrected chi connectivity index (χ4v) is 2.04. The summed E-state index contributed by atoms with van der Waals surface area (Å²) in [6.45, 7) is 6.81. The van der Waals surface area contributed by atoms with Crippen LogP contribution in [0.2, 0.25) is 0 Å². The number of rotatable bonds is 6. The predicted molar refractivity (Wildman–Crippen MR) is 72.4 cm³/mol. The van der Waals surface area contributed by atoms with E-state index >= 15 is 0 Å². The summed E-state index contributed by atoms with van der Waals surface area (Å²) in [4.78, 5) is 0. The van der Waals surface area contributed by atoms with Gasteiger partial charge in [-0.3, -0.25) is 5.32 Å². The third-order valence-corrected chi connectivity index (χ3v) is 3.12. The van der Waals surface area contributed by atoms with Crippen molar-refractivity contribution in [2.24, 2.45) is 0 Å². The van der Waals surface area contributed by atoms with Crippen molar-refractivity contribution in [1.29, 1.82) is 0 Å². The van der Waals surface area contributed by atoms with Crippen molar-refractivity contribution in [3.05, 3.63) is 23.3 Å². The monoisotopic (exact) mass is 253 g/mol. The van der Waals surface area contributed by atoms with Gasteiger partial charge in [0.25, 0.3) is 0 Å². The first kappa shape index (κ1) is 14.8. The minimum Gasteiger partial charge on any atom is -0.496 e. The number of nitrogens with one attached hydrogen (secondary N) is 1. The molecule has 102 valence electrons. The summed E-state index contributed by atoms with van der Waals surface area (Å²) >= 11 is 0. The van der Waals surface area contributed by atoms with E-state index in [4.69, 9.17) is 14.6 Å². The van der Waals surface area contributed by atoms with Gasteiger partial charge in [0.2, 0.25) is 0 Å². The molecule has 0 bridgehead atoms. The minimum absolute atomic E-state index is 0.0330. The number of aryl methyl sites for hydroxylation is 1. The number of aliphatic hydroxyl groups excluding tert-OH is 1. The van der Waals surface area contributed by atoms with Crippen molar-refractivity contribution in [2.75, 3.05) is 27.5 Å². The number of ether oxygens (including phenoxy) is 2. The molecule has 0 aliphatic carbocycles. The molecule has 0 amide bonds. The van der Waals surface area contributed by atoms with Crippen LogP contribution in [-0.4, -0.2) is 32.6 Å². The molecule has 2 N–H and O–H groups in total. The standard InChI is InChI=1S/C14H23NO3/c1-10-6-13(18-5)11(7-12(10)17-4)14(2,3)8-15-9-16/h6-7,15-16H,8-9H2,1-5H3. The summed E-state index contributed by atoms with van der Waals surface area (Å²) in [5, 5.41) is 11.8. The van der Waals surface area contributed by atoms with Crippen LogP contribution in [0.25, 0.3) is 0 Å². The Morgan fingerprint density at radius 2 is 1.78 bits per heavy atom. The molecule has 0 spiro atoms. The van der Waals surface area contributed by atoms with E-state index in [1.807, 2.05) is 19.1 Å². The van der Waals surface area contributed by atoms with Gasteiger partial charge < -0.3 is 14.6 Å². The molecule has 0 aliphatic heterocycles. The maximum absolute atomic E-state index is 8.88. The van der Waals surface area contributed by atoms with Gasteiger partial charge in [0, 0.05) is 17.5 Å². The SMILES string of the molecule is COc1cc(C(C)(C)CNCO)c(OC)cc1C. The van der Waals surface area contributed by atoms with E-state index in [1.54, 1.807) is 14.2 Å². The smallest absolute Gasteiger partial charge is 0.123 e. The predicted octanol–water partition coefficient (Wildman–Crippen LogP) is 1.83. The van der Waals surface area contributed by atoms with Crippen LogP contribution in [0.15, 0.2) is 12.1 Å². The third-order valence-electron chi connectivity index (χ3n) is 3.12. The zero-order valence-electron chi connectivity index (χ0n) is 11.8. The van der Waals surface area contributed by atoms with Crippen LogP contribution in [0.4, 0.5) is 0 Å². The molecular formula is C14H23NO3. The van der Waals surface area contributed by atoms with Crippen LogP contribution >= 0.6 is 0 Å². The lowest BCUT2D eigenvalue weighted by atomic mass is 9.83. The number of benzene rings is 1. The van der Waals surface area contributed by atoms with Crippen molar-refractivity contribution < 1.29 is 14.6 Å². The molecule has 0 unspecified atom stereocenters. The number of aliphatic hydroxyl groups is 1. The molecule has 0 saturated heterocycles. The second kappa shape index (κ2) is 6.07. The van der Waals surface area contributed by atoms with Crippen LogP contribution in [-0.2, 0) is 5.41 Å². The summed E-state index contributed by atoms with van der Waals surface area (Å²) in [5.41, 5.74) is 1.95. The molecule has 18 heavy (non-hydrogen) atoms. The molecule has 1 aromatic carbocycles. The van der Waals surface area contributed by atoms with E-state index in [-0.39, 0.29) is 12.1 Å². The van der Waals surface area contributed by atoms with Gasteiger partial charge in [0.15, 0.2) is 0 Å². The summed E-state index contributed by atoms with van der Waals surface area (Å²) in [6, 6.07) is 3.99. The van der Waals surface area contributed by atoms with Crippen molar-refractivity contribution in [2.45, 2.75) is 26.2 Å². The first-order chi connectivity index (χ1) is 8.46. The maximum Gasteiger partial charge on any atom is 0.123 e. The van der Waals surface area contributed by atoms with Gasteiger partial charge in [0.05, 0.1) is 21.0 Å². The van der Waals surface area contributed by atoms with Crippen molar-refractivity contribution >= 4 is 0 Å². The van der Waals surface area contributed by atoms with Gasteiger partial charge in [-0.25, -0.2) is 0 Å². The van der Waals surface area contributed by atoms with Crippen LogP contribution < -0.4 is 14.8 Å². The summed E-state index contributed by atoms with van der Waals surface area (Å²) in [7, 11) is 3.33. The maximum atomic E-state index is 8.88. The largest absolute Gasteiger partial charge is 0.496 e. The first-order valence-corrected chi connectivity index (χ1v) is 6.01. The Labute approximate surface area is 109 Å². The lowest BCUT2D eigenvalue weighted by Crippen LogP contribution is -2.33. The Kier molecular flexibility index (Phi) is 4.99. The fourth-order valence-electron chi connectivity index (χ4n) is 2.04. The number of hydrogen-bond acceptors (Lipinski definition) is 4. The quantitative estimate of drug-likeness (QED) is 0.759. The fraction of sp³-hybridized carbons (Fsp3) is 0.571. The molecule has 0 saturated carbocycles. The van der Waals surface area contributed by atoms with Gasteiger partial charge in [-0.15, -0.1) is 0 Å². The summed E-state index contributed by atoms with van der Waals surface area (Å²) in [5.74, 6) is 1.70. The zero-order valence-corrected chi connectivity index (χ0v) is 11.8. The minimum atomic E-state index is -0.158. The Morgan fingerprint density at radius 1 is 1.17 bits per heavy atom. The van der Waals surface area contributed by atoms with E-state index in [0.717, 1.165) is 22.6 Å². The van der Waals surface area contributed by atoms with E-state index in [2.05, 4.69) is 19.2 Å². The molecule has 0 fully saturated rings. The van der Waals surface area contributed by atoms with E-state index < -0.39 is 0 Å². The normalized spacial score (nSPS) is 11.4. The van der Waals surface area contributed by atoms with Crippen LogP contribution in [0.1, 0.15) is 25.0 Å². The Bertz CT molecular complexity index is 402. The molecule has 4 nitrogen and oxygen atoms in total. The van der Waals surface area contributed by atoms with Crippen LogP contribution in [0.5, 0.6) is 11.5 Å². The highest BCUT2D eigenvalue weighted by atomic mass is 16.5. The highest BCUT2D eigenvalue weighted by Crippen LogP contribution is 2.36. The Morgan fingerprint density at radius 3 is 2.28 bits per heavy atom. The topological polar surface area (TPSA) is 50.7 Å². The average Bonchev–Trinajstić information content (AvgIpc) is 2.35. The second-order valence-corrected chi connectivity index (χ2v) is 4.99.